The van der Waals surface area contributed by atoms with Crippen molar-refractivity contribution in [2.24, 2.45) is 0 Å². The van der Waals surface area contributed by atoms with Crippen molar-refractivity contribution < 1.29 is 14.6 Å². The number of aromatic carboxylic acids is 1. The van der Waals surface area contributed by atoms with Crippen molar-refractivity contribution in [2.75, 3.05) is 19.6 Å². The number of nitrogens with zero attached hydrogens (tertiary/aromatic N) is 1. The molecular weight excluding hydrogens is 242 g/mol. The van der Waals surface area contributed by atoms with Gasteiger partial charge in [-0.1, -0.05) is 6.08 Å². The first-order valence-corrected chi connectivity index (χ1v) is 6.52. The van der Waals surface area contributed by atoms with Crippen LogP contribution in [0.5, 0.6) is 5.75 Å². The Morgan fingerprint density at radius 1 is 1.37 bits per heavy atom. The van der Waals surface area contributed by atoms with E-state index in [4.69, 9.17) is 9.84 Å². The Morgan fingerprint density at radius 3 is 2.53 bits per heavy atom. The molecule has 0 aromatic heterocycles. The SMILES string of the molecule is C=CCN1CCC(Oc2ccc(C(=O)O)cc2)CC1. The van der Waals surface area contributed by atoms with Gasteiger partial charge in [0, 0.05) is 19.6 Å². The number of benzene rings is 1. The predicted octanol–water partition coefficient (Wildman–Crippen LogP) is 2.41. The number of piperidine rings is 1. The molecule has 0 spiro atoms. The van der Waals surface area contributed by atoms with E-state index in [1.54, 1.807) is 24.3 Å². The van der Waals surface area contributed by atoms with Crippen molar-refractivity contribution in [1.29, 1.82) is 0 Å². The van der Waals surface area contributed by atoms with Gasteiger partial charge in [-0.05, 0) is 37.1 Å². The summed E-state index contributed by atoms with van der Waals surface area (Å²) in [6, 6.07) is 6.59. The van der Waals surface area contributed by atoms with Crippen LogP contribution < -0.4 is 4.74 Å². The molecule has 1 saturated heterocycles. The third-order valence-electron chi connectivity index (χ3n) is 3.33. The molecule has 0 atom stereocenters. The number of carboxylic acid groups (broad SMARTS) is 1. The molecule has 4 nitrogen and oxygen atoms in total. The summed E-state index contributed by atoms with van der Waals surface area (Å²) in [5.74, 6) is -0.170. The molecule has 0 radical (unpaired) electrons. The molecule has 0 bridgehead atoms. The maximum atomic E-state index is 10.7. The van der Waals surface area contributed by atoms with E-state index >= 15 is 0 Å². The third-order valence-corrected chi connectivity index (χ3v) is 3.33. The summed E-state index contributed by atoms with van der Waals surface area (Å²) >= 11 is 0. The molecule has 1 heterocycles. The highest BCUT2D eigenvalue weighted by Gasteiger charge is 2.19. The van der Waals surface area contributed by atoms with Crippen molar-refractivity contribution in [3.8, 4) is 5.75 Å². The van der Waals surface area contributed by atoms with Gasteiger partial charge in [0.15, 0.2) is 0 Å². The minimum atomic E-state index is -0.913. The lowest BCUT2D eigenvalue weighted by atomic mass is 10.1. The largest absolute Gasteiger partial charge is 0.490 e. The van der Waals surface area contributed by atoms with Crippen LogP contribution in [-0.2, 0) is 0 Å². The Morgan fingerprint density at radius 2 is 2.00 bits per heavy atom. The number of rotatable bonds is 5. The molecule has 1 fully saturated rings. The fourth-order valence-electron chi connectivity index (χ4n) is 2.26. The van der Waals surface area contributed by atoms with Crippen LogP contribution in [0.15, 0.2) is 36.9 Å². The lowest BCUT2D eigenvalue weighted by molar-refractivity contribution is 0.0696. The molecule has 1 aromatic rings. The molecule has 1 aliphatic rings. The smallest absolute Gasteiger partial charge is 0.335 e. The summed E-state index contributed by atoms with van der Waals surface area (Å²) in [5.41, 5.74) is 0.285. The van der Waals surface area contributed by atoms with Gasteiger partial charge in [-0.2, -0.15) is 0 Å². The first-order chi connectivity index (χ1) is 9.19. The Labute approximate surface area is 113 Å². The number of carbonyl (C=O) groups is 1. The normalized spacial score (nSPS) is 17.1. The number of hydrogen-bond donors (Lipinski definition) is 1. The highest BCUT2D eigenvalue weighted by molar-refractivity contribution is 5.87. The predicted molar refractivity (Wildman–Crippen MR) is 73.7 cm³/mol. The van der Waals surface area contributed by atoms with E-state index in [9.17, 15) is 4.79 Å². The lowest BCUT2D eigenvalue weighted by Crippen LogP contribution is -2.38. The van der Waals surface area contributed by atoms with Crippen molar-refractivity contribution in [3.05, 3.63) is 42.5 Å². The zero-order valence-electron chi connectivity index (χ0n) is 10.9. The zero-order chi connectivity index (χ0) is 13.7. The fourth-order valence-corrected chi connectivity index (χ4v) is 2.26. The van der Waals surface area contributed by atoms with E-state index in [1.807, 2.05) is 6.08 Å². The monoisotopic (exact) mass is 261 g/mol. The third kappa shape index (κ3) is 3.83. The molecule has 1 aromatic carbocycles. The number of carboxylic acids is 1. The topological polar surface area (TPSA) is 49.8 Å². The number of ether oxygens (including phenoxy) is 1. The van der Waals surface area contributed by atoms with Crippen molar-refractivity contribution >= 4 is 5.97 Å². The van der Waals surface area contributed by atoms with Crippen molar-refractivity contribution in [1.82, 2.24) is 4.90 Å². The van der Waals surface area contributed by atoms with Gasteiger partial charge in [0.05, 0.1) is 5.56 Å². The first-order valence-electron chi connectivity index (χ1n) is 6.52. The molecule has 2 rings (SSSR count). The number of hydrogen-bond acceptors (Lipinski definition) is 3. The molecule has 0 aliphatic carbocycles. The van der Waals surface area contributed by atoms with Gasteiger partial charge in [0.25, 0.3) is 0 Å². The van der Waals surface area contributed by atoms with Gasteiger partial charge in [0.2, 0.25) is 0 Å². The molecule has 0 amide bonds. The van der Waals surface area contributed by atoms with Gasteiger partial charge < -0.3 is 9.84 Å². The minimum absolute atomic E-state index is 0.219. The van der Waals surface area contributed by atoms with Gasteiger partial charge >= 0.3 is 5.97 Å². The van der Waals surface area contributed by atoms with Crippen LogP contribution in [0.25, 0.3) is 0 Å². The van der Waals surface area contributed by atoms with E-state index in [0.29, 0.717) is 0 Å². The molecule has 0 saturated carbocycles. The van der Waals surface area contributed by atoms with Crippen LogP contribution in [0.2, 0.25) is 0 Å². The molecule has 102 valence electrons. The first kappa shape index (κ1) is 13.6. The maximum absolute atomic E-state index is 10.7. The van der Waals surface area contributed by atoms with Crippen LogP contribution in [0.3, 0.4) is 0 Å². The summed E-state index contributed by atoms with van der Waals surface area (Å²) in [4.78, 5) is 13.1. The average Bonchev–Trinajstić information content (AvgIpc) is 2.42. The van der Waals surface area contributed by atoms with Crippen molar-refractivity contribution in [2.45, 2.75) is 18.9 Å². The van der Waals surface area contributed by atoms with Crippen LogP contribution in [0, 0.1) is 0 Å². The minimum Gasteiger partial charge on any atom is -0.490 e. The summed E-state index contributed by atoms with van der Waals surface area (Å²) in [7, 11) is 0. The summed E-state index contributed by atoms with van der Waals surface area (Å²) in [5, 5.41) is 8.82. The Balaban J connectivity index is 1.85. The Kier molecular flexibility index (Phi) is 4.58. The molecule has 4 heteroatoms. The summed E-state index contributed by atoms with van der Waals surface area (Å²) < 4.78 is 5.87. The highest BCUT2D eigenvalue weighted by Crippen LogP contribution is 2.19. The van der Waals surface area contributed by atoms with Crippen LogP contribution >= 0.6 is 0 Å². The van der Waals surface area contributed by atoms with Crippen LogP contribution in [-0.4, -0.2) is 41.7 Å². The molecular formula is C15H19NO3. The van der Waals surface area contributed by atoms with Crippen LogP contribution in [0.1, 0.15) is 23.2 Å². The fraction of sp³-hybridized carbons (Fsp3) is 0.400. The molecule has 1 aliphatic heterocycles. The Bertz CT molecular complexity index is 433. The van der Waals surface area contributed by atoms with Gasteiger partial charge in [-0.3, -0.25) is 4.90 Å². The van der Waals surface area contributed by atoms with Gasteiger partial charge in [-0.15, -0.1) is 6.58 Å². The molecule has 0 unspecified atom stereocenters. The standard InChI is InChI=1S/C15H19NO3/c1-2-9-16-10-7-14(8-11-16)19-13-5-3-12(4-6-13)15(17)18/h2-6,14H,1,7-11H2,(H,17,18). The van der Waals surface area contributed by atoms with E-state index < -0.39 is 5.97 Å². The Hall–Kier alpha value is -1.81. The second-order valence-electron chi connectivity index (χ2n) is 4.74. The number of likely N-dealkylation sites (tertiary alicyclic amines) is 1. The highest BCUT2D eigenvalue weighted by atomic mass is 16.5. The van der Waals surface area contributed by atoms with E-state index in [-0.39, 0.29) is 11.7 Å². The molecule has 1 N–H and O–H groups in total. The lowest BCUT2D eigenvalue weighted by Gasteiger charge is -2.31. The van der Waals surface area contributed by atoms with Crippen LogP contribution in [0.4, 0.5) is 0 Å². The quantitative estimate of drug-likeness (QED) is 0.827. The summed E-state index contributed by atoms with van der Waals surface area (Å²) in [6.45, 7) is 6.71. The van der Waals surface area contributed by atoms with E-state index in [2.05, 4.69) is 11.5 Å². The van der Waals surface area contributed by atoms with Gasteiger partial charge in [0.1, 0.15) is 11.9 Å². The summed E-state index contributed by atoms with van der Waals surface area (Å²) in [6.07, 6.45) is 4.13. The van der Waals surface area contributed by atoms with Gasteiger partial charge in [-0.25, -0.2) is 4.79 Å². The second-order valence-corrected chi connectivity index (χ2v) is 4.74. The zero-order valence-corrected chi connectivity index (χ0v) is 10.9. The van der Waals surface area contributed by atoms with Crippen molar-refractivity contribution in [3.63, 3.8) is 0 Å². The molecule has 19 heavy (non-hydrogen) atoms. The second kappa shape index (κ2) is 6.38. The maximum Gasteiger partial charge on any atom is 0.335 e. The van der Waals surface area contributed by atoms with E-state index in [0.717, 1.165) is 38.2 Å². The average molecular weight is 261 g/mol. The van der Waals surface area contributed by atoms with E-state index in [1.165, 1.54) is 0 Å².